The van der Waals surface area contributed by atoms with Gasteiger partial charge in [0, 0.05) is 13.1 Å². The topological polar surface area (TPSA) is 49.8 Å². The Hall–Kier alpha value is -1.26. The molecule has 1 aromatic carbocycles. The van der Waals surface area contributed by atoms with Gasteiger partial charge in [-0.1, -0.05) is 23.7 Å². The maximum atomic E-state index is 11.9. The van der Waals surface area contributed by atoms with E-state index in [0.717, 1.165) is 12.8 Å². The van der Waals surface area contributed by atoms with Crippen molar-refractivity contribution in [1.82, 2.24) is 4.90 Å². The number of amides is 1. The van der Waals surface area contributed by atoms with Crippen molar-refractivity contribution in [3.8, 4) is 5.75 Å². The third-order valence-corrected chi connectivity index (χ3v) is 3.25. The lowest BCUT2D eigenvalue weighted by Crippen LogP contribution is -2.44. The van der Waals surface area contributed by atoms with E-state index in [1.165, 1.54) is 0 Å². The van der Waals surface area contributed by atoms with Crippen molar-refractivity contribution in [2.24, 2.45) is 0 Å². The molecule has 1 fully saturated rings. The van der Waals surface area contributed by atoms with Gasteiger partial charge >= 0.3 is 0 Å². The Morgan fingerprint density at radius 3 is 3.00 bits per heavy atom. The molecule has 0 saturated carbocycles. The number of halogens is 1. The molecule has 1 unspecified atom stereocenters. The van der Waals surface area contributed by atoms with Crippen molar-refractivity contribution in [3.05, 3.63) is 29.3 Å². The second kappa shape index (κ2) is 6.07. The first-order valence-corrected chi connectivity index (χ1v) is 6.38. The van der Waals surface area contributed by atoms with Crippen LogP contribution in [0.4, 0.5) is 0 Å². The summed E-state index contributed by atoms with van der Waals surface area (Å²) in [6, 6.07) is 7.04. The van der Waals surface area contributed by atoms with Crippen LogP contribution in [0.5, 0.6) is 5.75 Å². The smallest absolute Gasteiger partial charge is 0.260 e. The molecule has 0 bridgehead atoms. The minimum atomic E-state index is -0.414. The number of β-amino-alcohol motifs (C(OH)–C–C–N with tert-alkyl or cyclic N) is 1. The van der Waals surface area contributed by atoms with Gasteiger partial charge in [-0.2, -0.15) is 0 Å². The molecule has 1 saturated heterocycles. The van der Waals surface area contributed by atoms with Crippen LogP contribution in [0, 0.1) is 0 Å². The van der Waals surface area contributed by atoms with Gasteiger partial charge in [0.05, 0.1) is 11.1 Å². The van der Waals surface area contributed by atoms with E-state index in [0.29, 0.717) is 23.9 Å². The molecule has 1 aliphatic heterocycles. The minimum Gasteiger partial charge on any atom is -0.482 e. The van der Waals surface area contributed by atoms with Gasteiger partial charge in [0.1, 0.15) is 5.75 Å². The minimum absolute atomic E-state index is 0.0452. The number of hydrogen-bond donors (Lipinski definition) is 1. The highest BCUT2D eigenvalue weighted by atomic mass is 35.5. The molecule has 18 heavy (non-hydrogen) atoms. The molecule has 98 valence electrons. The third-order valence-electron chi connectivity index (χ3n) is 2.94. The normalized spacial score (nSPS) is 19.7. The first-order valence-electron chi connectivity index (χ1n) is 6.00. The van der Waals surface area contributed by atoms with E-state index >= 15 is 0 Å². The Balaban J connectivity index is 1.86. The summed E-state index contributed by atoms with van der Waals surface area (Å²) in [7, 11) is 0. The summed E-state index contributed by atoms with van der Waals surface area (Å²) in [5, 5.41) is 9.99. The average molecular weight is 270 g/mol. The van der Waals surface area contributed by atoms with Crippen LogP contribution in [0.3, 0.4) is 0 Å². The number of ether oxygens (including phenoxy) is 1. The van der Waals surface area contributed by atoms with E-state index in [2.05, 4.69) is 0 Å². The maximum absolute atomic E-state index is 11.9. The van der Waals surface area contributed by atoms with Crippen LogP contribution in [0.15, 0.2) is 24.3 Å². The second-order valence-electron chi connectivity index (χ2n) is 4.35. The number of para-hydroxylation sites is 1. The Labute approximate surface area is 111 Å². The lowest BCUT2D eigenvalue weighted by atomic mass is 10.1. The molecule has 0 aliphatic carbocycles. The van der Waals surface area contributed by atoms with Crippen molar-refractivity contribution in [2.75, 3.05) is 19.7 Å². The van der Waals surface area contributed by atoms with Gasteiger partial charge in [0.25, 0.3) is 5.91 Å². The van der Waals surface area contributed by atoms with E-state index in [-0.39, 0.29) is 12.5 Å². The van der Waals surface area contributed by atoms with Crippen molar-refractivity contribution < 1.29 is 14.6 Å². The number of aliphatic hydroxyl groups is 1. The van der Waals surface area contributed by atoms with Gasteiger partial charge in [-0.3, -0.25) is 4.79 Å². The van der Waals surface area contributed by atoms with E-state index in [4.69, 9.17) is 16.3 Å². The SMILES string of the molecule is O=C(COc1ccccc1Cl)N1CCCC(O)C1. The molecular weight excluding hydrogens is 254 g/mol. The highest BCUT2D eigenvalue weighted by Crippen LogP contribution is 2.23. The second-order valence-corrected chi connectivity index (χ2v) is 4.76. The fourth-order valence-corrected chi connectivity index (χ4v) is 2.16. The van der Waals surface area contributed by atoms with Crippen molar-refractivity contribution in [1.29, 1.82) is 0 Å². The Morgan fingerprint density at radius 2 is 2.28 bits per heavy atom. The molecule has 1 atom stereocenters. The number of piperidine rings is 1. The number of nitrogens with zero attached hydrogens (tertiary/aromatic N) is 1. The van der Waals surface area contributed by atoms with E-state index in [9.17, 15) is 9.90 Å². The number of aliphatic hydroxyl groups excluding tert-OH is 1. The molecule has 0 radical (unpaired) electrons. The molecule has 5 heteroatoms. The Bertz CT molecular complexity index is 424. The zero-order valence-corrected chi connectivity index (χ0v) is 10.8. The predicted molar refractivity (Wildman–Crippen MR) is 68.8 cm³/mol. The van der Waals surface area contributed by atoms with Gasteiger partial charge in [-0.15, -0.1) is 0 Å². The molecule has 0 aromatic heterocycles. The van der Waals surface area contributed by atoms with Crippen LogP contribution in [0.2, 0.25) is 5.02 Å². The molecule has 1 N–H and O–H groups in total. The van der Waals surface area contributed by atoms with Gasteiger partial charge in [-0.05, 0) is 25.0 Å². The monoisotopic (exact) mass is 269 g/mol. The fourth-order valence-electron chi connectivity index (χ4n) is 1.97. The molecule has 1 aromatic rings. The number of benzene rings is 1. The zero-order valence-electron chi connectivity index (χ0n) is 10.0. The third kappa shape index (κ3) is 3.37. The summed E-state index contributed by atoms with van der Waals surface area (Å²) < 4.78 is 5.38. The quantitative estimate of drug-likeness (QED) is 0.909. The zero-order chi connectivity index (χ0) is 13.0. The largest absolute Gasteiger partial charge is 0.482 e. The predicted octanol–water partition coefficient (Wildman–Crippen LogP) is 1.70. The van der Waals surface area contributed by atoms with E-state index in [1.807, 2.05) is 0 Å². The summed E-state index contributed by atoms with van der Waals surface area (Å²) >= 11 is 5.93. The molecular formula is C13H16ClNO3. The van der Waals surface area contributed by atoms with Crippen LogP contribution < -0.4 is 4.74 Å². The molecule has 1 aliphatic rings. The number of carbonyl (C=O) groups is 1. The summed E-state index contributed by atoms with van der Waals surface area (Å²) in [6.45, 7) is 1.03. The van der Waals surface area contributed by atoms with Crippen molar-refractivity contribution >= 4 is 17.5 Å². The Kier molecular flexibility index (Phi) is 4.44. The van der Waals surface area contributed by atoms with Crippen LogP contribution in [-0.2, 0) is 4.79 Å². The summed E-state index contributed by atoms with van der Waals surface area (Å²) in [5.41, 5.74) is 0. The lowest BCUT2D eigenvalue weighted by Gasteiger charge is -2.30. The number of hydrogen-bond acceptors (Lipinski definition) is 3. The number of carbonyl (C=O) groups excluding carboxylic acids is 1. The summed E-state index contributed by atoms with van der Waals surface area (Å²) in [6.07, 6.45) is 1.18. The first-order chi connectivity index (χ1) is 8.66. The van der Waals surface area contributed by atoms with Gasteiger partial charge in [0.15, 0.2) is 6.61 Å². The van der Waals surface area contributed by atoms with Gasteiger partial charge < -0.3 is 14.7 Å². The van der Waals surface area contributed by atoms with Crippen molar-refractivity contribution in [3.63, 3.8) is 0 Å². The average Bonchev–Trinajstić information content (AvgIpc) is 2.37. The Morgan fingerprint density at radius 1 is 1.50 bits per heavy atom. The van der Waals surface area contributed by atoms with Crippen LogP contribution in [0.1, 0.15) is 12.8 Å². The van der Waals surface area contributed by atoms with E-state index in [1.54, 1.807) is 29.2 Å². The number of rotatable bonds is 3. The molecule has 4 nitrogen and oxygen atoms in total. The maximum Gasteiger partial charge on any atom is 0.260 e. The standard InChI is InChI=1S/C13H16ClNO3/c14-11-5-1-2-6-12(11)18-9-13(17)15-7-3-4-10(16)8-15/h1-2,5-6,10,16H,3-4,7-9H2. The number of likely N-dealkylation sites (tertiary alicyclic amines) is 1. The van der Waals surface area contributed by atoms with Crippen LogP contribution in [-0.4, -0.2) is 41.7 Å². The summed E-state index contributed by atoms with van der Waals surface area (Å²) in [4.78, 5) is 13.5. The van der Waals surface area contributed by atoms with Crippen molar-refractivity contribution in [2.45, 2.75) is 18.9 Å². The molecule has 1 amide bonds. The van der Waals surface area contributed by atoms with E-state index < -0.39 is 6.10 Å². The highest BCUT2D eigenvalue weighted by Gasteiger charge is 2.22. The lowest BCUT2D eigenvalue weighted by molar-refractivity contribution is -0.136. The molecule has 2 rings (SSSR count). The van der Waals surface area contributed by atoms with Crippen LogP contribution in [0.25, 0.3) is 0 Å². The van der Waals surface area contributed by atoms with Gasteiger partial charge in [-0.25, -0.2) is 0 Å². The van der Waals surface area contributed by atoms with Crippen LogP contribution >= 0.6 is 11.6 Å². The fraction of sp³-hybridized carbons (Fsp3) is 0.462. The molecule has 0 spiro atoms. The summed E-state index contributed by atoms with van der Waals surface area (Å²) in [5.74, 6) is 0.388. The van der Waals surface area contributed by atoms with Gasteiger partial charge in [0.2, 0.25) is 0 Å². The molecule has 1 heterocycles. The highest BCUT2D eigenvalue weighted by molar-refractivity contribution is 6.32. The first kappa shape index (κ1) is 13.2.